The Morgan fingerprint density at radius 2 is 2.04 bits per heavy atom. The van der Waals surface area contributed by atoms with E-state index in [1.807, 2.05) is 54.3 Å². The first-order chi connectivity index (χ1) is 12.7. The zero-order valence-electron chi connectivity index (χ0n) is 14.9. The van der Waals surface area contributed by atoms with E-state index in [1.165, 1.54) is 12.8 Å². The zero-order valence-corrected chi connectivity index (χ0v) is 14.9. The Hall–Kier alpha value is -3.02. The number of fused-ring (bicyclic) bond motifs is 1. The minimum atomic E-state index is -0.208. The van der Waals surface area contributed by atoms with Gasteiger partial charge in [0.1, 0.15) is 5.82 Å². The summed E-state index contributed by atoms with van der Waals surface area (Å²) in [7, 11) is 1.99. The number of urea groups is 1. The number of aromatic nitrogens is 2. The van der Waals surface area contributed by atoms with Crippen LogP contribution in [0.1, 0.15) is 18.4 Å². The minimum Gasteiger partial charge on any atom is -0.357 e. The summed E-state index contributed by atoms with van der Waals surface area (Å²) in [5.74, 6) is 0.997. The van der Waals surface area contributed by atoms with Gasteiger partial charge in [0.05, 0.1) is 5.69 Å². The van der Waals surface area contributed by atoms with Crippen LogP contribution in [0.3, 0.4) is 0 Å². The Morgan fingerprint density at radius 1 is 1.19 bits per heavy atom. The molecule has 2 N–H and O–H groups in total. The molecule has 0 unspecified atom stereocenters. The third kappa shape index (κ3) is 3.35. The SMILES string of the molecule is Cn1ccc2c(NC(=O)NCc3ccnc(N4CCCC4)c3)cccc21. The van der Waals surface area contributed by atoms with Gasteiger partial charge in [-0.15, -0.1) is 0 Å². The van der Waals surface area contributed by atoms with Crippen LogP contribution < -0.4 is 15.5 Å². The molecule has 0 aliphatic carbocycles. The van der Waals surface area contributed by atoms with Crippen molar-refractivity contribution in [3.8, 4) is 0 Å². The maximum Gasteiger partial charge on any atom is 0.319 e. The molecule has 134 valence electrons. The van der Waals surface area contributed by atoms with Gasteiger partial charge < -0.3 is 20.1 Å². The molecule has 0 atom stereocenters. The van der Waals surface area contributed by atoms with Gasteiger partial charge in [0, 0.05) is 50.0 Å². The molecule has 1 saturated heterocycles. The fraction of sp³-hybridized carbons (Fsp3) is 0.300. The molecule has 1 aliphatic rings. The van der Waals surface area contributed by atoms with E-state index in [-0.39, 0.29) is 6.03 Å². The first-order valence-corrected chi connectivity index (χ1v) is 8.99. The first-order valence-electron chi connectivity index (χ1n) is 8.99. The van der Waals surface area contributed by atoms with Crippen LogP contribution in [0.4, 0.5) is 16.3 Å². The molecule has 0 bridgehead atoms. The van der Waals surface area contributed by atoms with E-state index in [4.69, 9.17) is 0 Å². The Kier molecular flexibility index (Phi) is 4.48. The highest BCUT2D eigenvalue weighted by Crippen LogP contribution is 2.23. The number of nitrogens with one attached hydrogen (secondary N) is 2. The van der Waals surface area contributed by atoms with Gasteiger partial charge in [-0.25, -0.2) is 9.78 Å². The van der Waals surface area contributed by atoms with Crippen LogP contribution in [-0.4, -0.2) is 28.7 Å². The van der Waals surface area contributed by atoms with Crippen molar-refractivity contribution in [3.63, 3.8) is 0 Å². The number of aryl methyl sites for hydroxylation is 1. The van der Waals surface area contributed by atoms with Gasteiger partial charge in [0.25, 0.3) is 0 Å². The zero-order chi connectivity index (χ0) is 17.9. The van der Waals surface area contributed by atoms with Gasteiger partial charge in [-0.2, -0.15) is 0 Å². The van der Waals surface area contributed by atoms with E-state index in [9.17, 15) is 4.79 Å². The first kappa shape index (κ1) is 16.4. The van der Waals surface area contributed by atoms with Crippen molar-refractivity contribution < 1.29 is 4.79 Å². The molecule has 2 aromatic heterocycles. The number of hydrogen-bond acceptors (Lipinski definition) is 3. The lowest BCUT2D eigenvalue weighted by atomic mass is 10.2. The Bertz CT molecular complexity index is 927. The van der Waals surface area contributed by atoms with Gasteiger partial charge in [-0.05, 0) is 48.7 Å². The number of carbonyl (C=O) groups is 1. The number of rotatable bonds is 4. The number of pyridine rings is 1. The molecule has 1 aromatic carbocycles. The average molecular weight is 349 g/mol. The molecule has 26 heavy (non-hydrogen) atoms. The summed E-state index contributed by atoms with van der Waals surface area (Å²) in [6.45, 7) is 2.59. The highest BCUT2D eigenvalue weighted by molar-refractivity contribution is 6.00. The molecule has 3 heterocycles. The summed E-state index contributed by atoms with van der Waals surface area (Å²) in [6, 6.07) is 11.7. The quantitative estimate of drug-likeness (QED) is 0.758. The lowest BCUT2D eigenvalue weighted by Gasteiger charge is -2.17. The van der Waals surface area contributed by atoms with Crippen molar-refractivity contribution in [1.82, 2.24) is 14.9 Å². The maximum absolute atomic E-state index is 12.3. The number of carbonyl (C=O) groups excluding carboxylic acids is 1. The van der Waals surface area contributed by atoms with Gasteiger partial charge >= 0.3 is 6.03 Å². The standard InChI is InChI=1S/C20H23N5O/c1-24-12-8-16-17(5-4-6-18(16)24)23-20(26)22-14-15-7-9-21-19(13-15)25-10-2-3-11-25/h4-9,12-13H,2-3,10-11,14H2,1H3,(H2,22,23,26). The monoisotopic (exact) mass is 349 g/mol. The predicted octanol–water partition coefficient (Wildman–Crippen LogP) is 3.50. The Labute approximate surface area is 152 Å². The van der Waals surface area contributed by atoms with Crippen molar-refractivity contribution in [1.29, 1.82) is 0 Å². The highest BCUT2D eigenvalue weighted by Gasteiger charge is 2.14. The molecular weight excluding hydrogens is 326 g/mol. The normalized spacial score (nSPS) is 14.0. The molecule has 1 fully saturated rings. The lowest BCUT2D eigenvalue weighted by molar-refractivity contribution is 0.252. The van der Waals surface area contributed by atoms with E-state index in [0.29, 0.717) is 6.54 Å². The number of hydrogen-bond donors (Lipinski definition) is 2. The Morgan fingerprint density at radius 3 is 2.88 bits per heavy atom. The molecule has 1 aliphatic heterocycles. The van der Waals surface area contributed by atoms with Crippen LogP contribution in [0, 0.1) is 0 Å². The number of anilines is 2. The third-order valence-corrected chi connectivity index (χ3v) is 4.87. The number of benzene rings is 1. The van der Waals surface area contributed by atoms with Crippen molar-refractivity contribution in [2.24, 2.45) is 7.05 Å². The molecule has 6 heteroatoms. The smallest absolute Gasteiger partial charge is 0.319 e. The van der Waals surface area contributed by atoms with Crippen LogP contribution in [0.25, 0.3) is 10.9 Å². The average Bonchev–Trinajstić information content (AvgIpc) is 3.32. The van der Waals surface area contributed by atoms with Gasteiger partial charge in [-0.3, -0.25) is 0 Å². The maximum atomic E-state index is 12.3. The molecule has 0 spiro atoms. The summed E-state index contributed by atoms with van der Waals surface area (Å²) in [6.07, 6.45) is 6.24. The minimum absolute atomic E-state index is 0.208. The second kappa shape index (κ2) is 7.07. The van der Waals surface area contributed by atoms with E-state index in [0.717, 1.165) is 41.1 Å². The van der Waals surface area contributed by atoms with E-state index in [1.54, 1.807) is 0 Å². The fourth-order valence-corrected chi connectivity index (χ4v) is 3.45. The van der Waals surface area contributed by atoms with Crippen LogP contribution in [0.15, 0.2) is 48.8 Å². The van der Waals surface area contributed by atoms with Crippen LogP contribution in [-0.2, 0) is 13.6 Å². The van der Waals surface area contributed by atoms with E-state index < -0.39 is 0 Å². The lowest BCUT2D eigenvalue weighted by Crippen LogP contribution is -2.28. The predicted molar refractivity (Wildman–Crippen MR) is 104 cm³/mol. The summed E-state index contributed by atoms with van der Waals surface area (Å²) < 4.78 is 2.04. The number of amides is 2. The van der Waals surface area contributed by atoms with Gasteiger partial charge in [0.15, 0.2) is 0 Å². The molecule has 2 amide bonds. The van der Waals surface area contributed by atoms with Crippen LogP contribution in [0.5, 0.6) is 0 Å². The van der Waals surface area contributed by atoms with Gasteiger partial charge in [0.2, 0.25) is 0 Å². The van der Waals surface area contributed by atoms with Gasteiger partial charge in [-0.1, -0.05) is 6.07 Å². The summed E-state index contributed by atoms with van der Waals surface area (Å²) in [5, 5.41) is 6.92. The topological polar surface area (TPSA) is 62.2 Å². The molecule has 3 aromatic rings. The summed E-state index contributed by atoms with van der Waals surface area (Å²) in [5.41, 5.74) is 2.95. The molecule has 0 radical (unpaired) electrons. The van der Waals surface area contributed by atoms with E-state index in [2.05, 4.69) is 26.6 Å². The summed E-state index contributed by atoms with van der Waals surface area (Å²) in [4.78, 5) is 19.1. The number of nitrogens with zero attached hydrogens (tertiary/aromatic N) is 3. The van der Waals surface area contributed by atoms with Crippen LogP contribution >= 0.6 is 0 Å². The molecule has 4 rings (SSSR count). The van der Waals surface area contributed by atoms with Crippen molar-refractivity contribution in [2.75, 3.05) is 23.3 Å². The molecule has 6 nitrogen and oxygen atoms in total. The summed E-state index contributed by atoms with van der Waals surface area (Å²) >= 11 is 0. The van der Waals surface area contributed by atoms with Crippen molar-refractivity contribution >= 4 is 28.4 Å². The Balaban J connectivity index is 1.40. The third-order valence-electron chi connectivity index (χ3n) is 4.87. The highest BCUT2D eigenvalue weighted by atomic mass is 16.2. The van der Waals surface area contributed by atoms with E-state index >= 15 is 0 Å². The van der Waals surface area contributed by atoms with Crippen molar-refractivity contribution in [2.45, 2.75) is 19.4 Å². The molecular formula is C20H23N5O. The van der Waals surface area contributed by atoms with Crippen molar-refractivity contribution in [3.05, 3.63) is 54.4 Å². The second-order valence-corrected chi connectivity index (χ2v) is 6.69. The molecule has 0 saturated carbocycles. The fourth-order valence-electron chi connectivity index (χ4n) is 3.45. The second-order valence-electron chi connectivity index (χ2n) is 6.69. The largest absolute Gasteiger partial charge is 0.357 e. The van der Waals surface area contributed by atoms with Crippen LogP contribution in [0.2, 0.25) is 0 Å².